The van der Waals surface area contributed by atoms with Crippen LogP contribution in [-0.4, -0.2) is 6.54 Å². The fourth-order valence-electron chi connectivity index (χ4n) is 1.15. The molecule has 0 heterocycles. The minimum Gasteiger partial charge on any atom is -0.384 e. The molecule has 1 rings (SSSR count). The first-order chi connectivity index (χ1) is 6.61. The molecule has 0 saturated carbocycles. The van der Waals surface area contributed by atoms with Crippen LogP contribution in [0.25, 0.3) is 0 Å². The monoisotopic (exact) mass is 252 g/mol. The van der Waals surface area contributed by atoms with Crippen LogP contribution in [0.5, 0.6) is 0 Å². The van der Waals surface area contributed by atoms with Gasteiger partial charge in [-0.3, -0.25) is 0 Å². The molecule has 0 aliphatic heterocycles. The van der Waals surface area contributed by atoms with Crippen molar-refractivity contribution in [3.05, 3.63) is 28.2 Å². The Morgan fingerprint density at radius 3 is 2.79 bits per heavy atom. The number of aryl methyl sites for hydroxylation is 1. The lowest BCUT2D eigenvalue weighted by molar-refractivity contribution is 0.786. The number of nitriles is 1. The number of benzene rings is 1. The Kier molecular flexibility index (Phi) is 3.97. The zero-order chi connectivity index (χ0) is 10.6. The largest absolute Gasteiger partial charge is 0.384 e. The summed E-state index contributed by atoms with van der Waals surface area (Å²) in [6, 6.07) is 8.32. The molecule has 3 heteroatoms. The van der Waals surface area contributed by atoms with E-state index < -0.39 is 0 Å². The molecule has 1 unspecified atom stereocenters. The van der Waals surface area contributed by atoms with Crippen LogP contribution in [0.2, 0.25) is 0 Å². The number of anilines is 1. The lowest BCUT2D eigenvalue weighted by Crippen LogP contribution is -2.09. The average molecular weight is 253 g/mol. The van der Waals surface area contributed by atoms with Gasteiger partial charge in [0.2, 0.25) is 0 Å². The zero-order valence-electron chi connectivity index (χ0n) is 8.34. The normalized spacial score (nSPS) is 11.9. The third-order valence-corrected chi connectivity index (χ3v) is 2.33. The molecule has 0 spiro atoms. The lowest BCUT2D eigenvalue weighted by atomic mass is 10.2. The van der Waals surface area contributed by atoms with E-state index in [1.54, 1.807) is 0 Å². The van der Waals surface area contributed by atoms with Crippen molar-refractivity contribution in [2.75, 3.05) is 11.9 Å². The van der Waals surface area contributed by atoms with Crippen LogP contribution in [-0.2, 0) is 0 Å². The first kappa shape index (κ1) is 11.1. The third-order valence-electron chi connectivity index (χ3n) is 1.87. The topological polar surface area (TPSA) is 35.8 Å². The van der Waals surface area contributed by atoms with Gasteiger partial charge in [0, 0.05) is 16.7 Å². The van der Waals surface area contributed by atoms with Crippen molar-refractivity contribution in [1.82, 2.24) is 0 Å². The van der Waals surface area contributed by atoms with Crippen LogP contribution >= 0.6 is 15.9 Å². The summed E-state index contributed by atoms with van der Waals surface area (Å²) in [5, 5.41) is 11.8. The molecule has 14 heavy (non-hydrogen) atoms. The summed E-state index contributed by atoms with van der Waals surface area (Å²) in [6.07, 6.45) is 0. The second-order valence-electron chi connectivity index (χ2n) is 3.43. The summed E-state index contributed by atoms with van der Waals surface area (Å²) in [7, 11) is 0. The predicted octanol–water partition coefficient (Wildman–Crippen LogP) is 3.33. The highest BCUT2D eigenvalue weighted by atomic mass is 79.9. The summed E-state index contributed by atoms with van der Waals surface area (Å²) in [5.41, 5.74) is 2.26. The fraction of sp³-hybridized carbons (Fsp3) is 0.364. The van der Waals surface area contributed by atoms with E-state index in [1.807, 2.05) is 19.9 Å². The molecule has 74 valence electrons. The molecule has 0 bridgehead atoms. The third kappa shape index (κ3) is 3.39. The van der Waals surface area contributed by atoms with Gasteiger partial charge in [-0.15, -0.1) is 0 Å². The van der Waals surface area contributed by atoms with E-state index in [4.69, 9.17) is 5.26 Å². The smallest absolute Gasteiger partial charge is 0.0671 e. The Balaban J connectivity index is 2.64. The van der Waals surface area contributed by atoms with Crippen LogP contribution in [0, 0.1) is 24.2 Å². The number of nitrogens with zero attached hydrogens (tertiary/aromatic N) is 1. The van der Waals surface area contributed by atoms with Gasteiger partial charge in [-0.2, -0.15) is 5.26 Å². The highest BCUT2D eigenvalue weighted by Crippen LogP contribution is 2.19. The van der Waals surface area contributed by atoms with E-state index in [0.29, 0.717) is 6.54 Å². The molecule has 0 aromatic heterocycles. The quantitative estimate of drug-likeness (QED) is 0.896. The molecule has 1 atom stereocenters. The molecule has 0 radical (unpaired) electrons. The maximum Gasteiger partial charge on any atom is 0.0671 e. The Morgan fingerprint density at radius 2 is 2.21 bits per heavy atom. The van der Waals surface area contributed by atoms with Crippen LogP contribution in [0.4, 0.5) is 5.69 Å². The number of nitrogens with one attached hydrogen (secondary N) is 1. The van der Waals surface area contributed by atoms with Crippen LogP contribution in [0.3, 0.4) is 0 Å². The van der Waals surface area contributed by atoms with Crippen molar-refractivity contribution < 1.29 is 0 Å². The second kappa shape index (κ2) is 5.02. The molecule has 0 saturated heterocycles. The van der Waals surface area contributed by atoms with E-state index in [1.165, 1.54) is 5.56 Å². The van der Waals surface area contributed by atoms with Gasteiger partial charge in [0.15, 0.2) is 0 Å². The van der Waals surface area contributed by atoms with Crippen molar-refractivity contribution in [2.45, 2.75) is 13.8 Å². The molecule has 1 aromatic carbocycles. The Morgan fingerprint density at radius 1 is 1.50 bits per heavy atom. The first-order valence-electron chi connectivity index (χ1n) is 4.52. The van der Waals surface area contributed by atoms with Gasteiger partial charge >= 0.3 is 0 Å². The van der Waals surface area contributed by atoms with Gasteiger partial charge in [0.25, 0.3) is 0 Å². The molecule has 1 aromatic rings. The van der Waals surface area contributed by atoms with Crippen molar-refractivity contribution in [1.29, 1.82) is 5.26 Å². The van der Waals surface area contributed by atoms with Gasteiger partial charge in [-0.1, -0.05) is 15.9 Å². The summed E-state index contributed by atoms with van der Waals surface area (Å²) < 4.78 is 1.06. The molecule has 1 N–H and O–H groups in total. The van der Waals surface area contributed by atoms with Gasteiger partial charge in [-0.25, -0.2) is 0 Å². The van der Waals surface area contributed by atoms with Crippen molar-refractivity contribution in [3.8, 4) is 6.07 Å². The SMILES string of the molecule is Cc1cc(Br)cc(NCC(C)C#N)c1. The van der Waals surface area contributed by atoms with Crippen LogP contribution < -0.4 is 5.32 Å². The number of hydrogen-bond donors (Lipinski definition) is 1. The van der Waals surface area contributed by atoms with Crippen molar-refractivity contribution in [2.24, 2.45) is 5.92 Å². The van der Waals surface area contributed by atoms with E-state index in [9.17, 15) is 0 Å². The van der Waals surface area contributed by atoms with E-state index in [2.05, 4.69) is 39.4 Å². The van der Waals surface area contributed by atoms with Gasteiger partial charge in [-0.05, 0) is 37.6 Å². The van der Waals surface area contributed by atoms with Crippen LogP contribution in [0.1, 0.15) is 12.5 Å². The second-order valence-corrected chi connectivity index (χ2v) is 4.34. The zero-order valence-corrected chi connectivity index (χ0v) is 9.93. The summed E-state index contributed by atoms with van der Waals surface area (Å²) >= 11 is 3.43. The Labute approximate surface area is 93.1 Å². The number of halogens is 1. The van der Waals surface area contributed by atoms with Gasteiger partial charge in [0.05, 0.1) is 12.0 Å². The molecule has 2 nitrogen and oxygen atoms in total. The fourth-order valence-corrected chi connectivity index (χ4v) is 1.76. The van der Waals surface area contributed by atoms with Crippen molar-refractivity contribution in [3.63, 3.8) is 0 Å². The lowest BCUT2D eigenvalue weighted by Gasteiger charge is -2.08. The van der Waals surface area contributed by atoms with Gasteiger partial charge < -0.3 is 5.32 Å². The van der Waals surface area contributed by atoms with E-state index >= 15 is 0 Å². The summed E-state index contributed by atoms with van der Waals surface area (Å²) in [4.78, 5) is 0. The van der Waals surface area contributed by atoms with Crippen molar-refractivity contribution >= 4 is 21.6 Å². The van der Waals surface area contributed by atoms with Crippen LogP contribution in [0.15, 0.2) is 22.7 Å². The molecular formula is C11H13BrN2. The maximum absolute atomic E-state index is 8.62. The molecule has 0 amide bonds. The van der Waals surface area contributed by atoms with E-state index in [0.717, 1.165) is 10.2 Å². The standard InChI is InChI=1S/C11H13BrN2/c1-8-3-10(12)5-11(4-8)14-7-9(2)6-13/h3-5,9,14H,7H2,1-2H3. The number of rotatable bonds is 3. The highest BCUT2D eigenvalue weighted by Gasteiger charge is 2.00. The summed E-state index contributed by atoms with van der Waals surface area (Å²) in [5.74, 6) is 0.0364. The summed E-state index contributed by atoms with van der Waals surface area (Å²) in [6.45, 7) is 4.63. The van der Waals surface area contributed by atoms with E-state index in [-0.39, 0.29) is 5.92 Å². The minimum absolute atomic E-state index is 0.0364. The maximum atomic E-state index is 8.62. The average Bonchev–Trinajstić information content (AvgIpc) is 2.12. The molecule has 0 aliphatic carbocycles. The highest BCUT2D eigenvalue weighted by molar-refractivity contribution is 9.10. The number of hydrogen-bond acceptors (Lipinski definition) is 2. The molecule has 0 aliphatic rings. The first-order valence-corrected chi connectivity index (χ1v) is 5.32. The predicted molar refractivity (Wildman–Crippen MR) is 62.1 cm³/mol. The van der Waals surface area contributed by atoms with Gasteiger partial charge in [0.1, 0.15) is 0 Å². The minimum atomic E-state index is 0.0364. The Bertz CT molecular complexity index is 335. The molecule has 0 fully saturated rings. The Hall–Kier alpha value is -1.01. The molecular weight excluding hydrogens is 240 g/mol.